The summed E-state index contributed by atoms with van der Waals surface area (Å²) in [5.41, 5.74) is 3.37. The van der Waals surface area contributed by atoms with Gasteiger partial charge in [-0.2, -0.15) is 5.10 Å². The van der Waals surface area contributed by atoms with E-state index in [4.69, 9.17) is 9.47 Å². The number of hydrogen-bond donors (Lipinski definition) is 2. The molecule has 1 amide bonds. The minimum Gasteiger partial charge on any atom is -0.493 e. The molecular formula is C21H29N3O3. The zero-order chi connectivity index (χ0) is 19.2. The molecule has 1 aromatic carbocycles. The number of hydrogen-bond acceptors (Lipinski definition) is 4. The lowest BCUT2D eigenvalue weighted by Crippen LogP contribution is -2.25. The topological polar surface area (TPSA) is 76.2 Å². The molecule has 3 rings (SSSR count). The zero-order valence-electron chi connectivity index (χ0n) is 16.4. The highest BCUT2D eigenvalue weighted by Crippen LogP contribution is 2.36. The van der Waals surface area contributed by atoms with Crippen LogP contribution in [0.3, 0.4) is 0 Å². The fourth-order valence-corrected chi connectivity index (χ4v) is 3.73. The second kappa shape index (κ2) is 8.93. The van der Waals surface area contributed by atoms with Crippen molar-refractivity contribution < 1.29 is 14.3 Å². The standard InChI is InChI=1S/C21H29N3O3/c1-4-8-16-20(22-21(25)14-9-6-5-7-10-14)19(24-23-16)15-11-12-17(26-2)18(13-15)27-3/h11-14H,4-10H2,1-3H3,(H,22,25)(H,23,24). The predicted molar refractivity (Wildman–Crippen MR) is 106 cm³/mol. The van der Waals surface area contributed by atoms with Crippen molar-refractivity contribution >= 4 is 11.6 Å². The summed E-state index contributed by atoms with van der Waals surface area (Å²) in [5.74, 6) is 1.51. The number of carbonyl (C=O) groups excluding carboxylic acids is 1. The lowest BCUT2D eigenvalue weighted by atomic mass is 9.88. The van der Waals surface area contributed by atoms with E-state index >= 15 is 0 Å². The lowest BCUT2D eigenvalue weighted by molar-refractivity contribution is -0.120. The molecule has 27 heavy (non-hydrogen) atoms. The van der Waals surface area contributed by atoms with E-state index in [2.05, 4.69) is 22.4 Å². The molecule has 2 aromatic rings. The molecule has 146 valence electrons. The number of aryl methyl sites for hydroxylation is 1. The quantitative estimate of drug-likeness (QED) is 0.748. The molecule has 6 heteroatoms. The average molecular weight is 371 g/mol. The van der Waals surface area contributed by atoms with E-state index in [0.717, 1.165) is 61.2 Å². The van der Waals surface area contributed by atoms with Crippen LogP contribution in [0.5, 0.6) is 11.5 Å². The first-order valence-corrected chi connectivity index (χ1v) is 9.78. The van der Waals surface area contributed by atoms with Gasteiger partial charge in [0, 0.05) is 11.5 Å². The Balaban J connectivity index is 1.92. The zero-order valence-corrected chi connectivity index (χ0v) is 16.4. The van der Waals surface area contributed by atoms with Crippen LogP contribution in [0.25, 0.3) is 11.3 Å². The Bertz CT molecular complexity index is 779. The summed E-state index contributed by atoms with van der Waals surface area (Å²) in [4.78, 5) is 12.8. The molecule has 1 saturated carbocycles. The first kappa shape index (κ1) is 19.3. The van der Waals surface area contributed by atoms with Gasteiger partial charge in [-0.15, -0.1) is 0 Å². The van der Waals surface area contributed by atoms with E-state index in [1.54, 1.807) is 14.2 Å². The molecular weight excluding hydrogens is 342 g/mol. The number of methoxy groups -OCH3 is 2. The van der Waals surface area contributed by atoms with Crippen molar-refractivity contribution in [2.75, 3.05) is 19.5 Å². The molecule has 0 unspecified atom stereocenters. The number of ether oxygens (including phenoxy) is 2. The van der Waals surface area contributed by atoms with Crippen molar-refractivity contribution in [2.45, 2.75) is 51.9 Å². The van der Waals surface area contributed by atoms with E-state index in [1.807, 2.05) is 18.2 Å². The Kier molecular flexibility index (Phi) is 6.37. The van der Waals surface area contributed by atoms with Crippen LogP contribution in [0.4, 0.5) is 5.69 Å². The second-order valence-electron chi connectivity index (χ2n) is 7.07. The van der Waals surface area contributed by atoms with Crippen LogP contribution in [-0.4, -0.2) is 30.3 Å². The minimum absolute atomic E-state index is 0.0985. The molecule has 0 aliphatic heterocycles. The number of amides is 1. The molecule has 2 N–H and O–H groups in total. The highest BCUT2D eigenvalue weighted by molar-refractivity contribution is 5.97. The number of rotatable bonds is 7. The van der Waals surface area contributed by atoms with Gasteiger partial charge in [-0.3, -0.25) is 9.89 Å². The highest BCUT2D eigenvalue weighted by atomic mass is 16.5. The highest BCUT2D eigenvalue weighted by Gasteiger charge is 2.24. The molecule has 1 aliphatic carbocycles. The first-order valence-electron chi connectivity index (χ1n) is 9.78. The van der Waals surface area contributed by atoms with Crippen LogP contribution in [0.1, 0.15) is 51.1 Å². The van der Waals surface area contributed by atoms with Crippen LogP contribution >= 0.6 is 0 Å². The Morgan fingerprint density at radius 1 is 1.19 bits per heavy atom. The van der Waals surface area contributed by atoms with Crippen molar-refractivity contribution in [3.05, 3.63) is 23.9 Å². The SMILES string of the molecule is CCCc1[nH]nc(-c2ccc(OC)c(OC)c2)c1NC(=O)C1CCCCC1. The van der Waals surface area contributed by atoms with Gasteiger partial charge >= 0.3 is 0 Å². The van der Waals surface area contributed by atoms with Gasteiger partial charge in [0.2, 0.25) is 5.91 Å². The van der Waals surface area contributed by atoms with Gasteiger partial charge in [0.15, 0.2) is 11.5 Å². The largest absolute Gasteiger partial charge is 0.493 e. The van der Waals surface area contributed by atoms with Crippen LogP contribution in [0.15, 0.2) is 18.2 Å². The first-order chi connectivity index (χ1) is 13.2. The lowest BCUT2D eigenvalue weighted by Gasteiger charge is -2.21. The summed E-state index contributed by atoms with van der Waals surface area (Å²) < 4.78 is 10.7. The summed E-state index contributed by atoms with van der Waals surface area (Å²) in [6, 6.07) is 5.68. The number of anilines is 1. The maximum Gasteiger partial charge on any atom is 0.227 e. The van der Waals surface area contributed by atoms with E-state index in [0.29, 0.717) is 11.5 Å². The maximum absolute atomic E-state index is 12.8. The Morgan fingerprint density at radius 3 is 2.59 bits per heavy atom. The fourth-order valence-electron chi connectivity index (χ4n) is 3.73. The number of nitrogens with zero attached hydrogens (tertiary/aromatic N) is 1. The van der Waals surface area contributed by atoms with E-state index in [9.17, 15) is 4.79 Å². The summed E-state index contributed by atoms with van der Waals surface area (Å²) in [7, 11) is 3.22. The van der Waals surface area contributed by atoms with Gasteiger partial charge in [-0.05, 0) is 37.5 Å². The van der Waals surface area contributed by atoms with Gasteiger partial charge in [0.1, 0.15) is 5.69 Å². The van der Waals surface area contributed by atoms with Crippen molar-refractivity contribution in [2.24, 2.45) is 5.92 Å². The van der Waals surface area contributed by atoms with Crippen molar-refractivity contribution in [3.8, 4) is 22.8 Å². The summed E-state index contributed by atoms with van der Waals surface area (Å²) in [6.07, 6.45) is 7.24. The third-order valence-corrected chi connectivity index (χ3v) is 5.22. The van der Waals surface area contributed by atoms with E-state index < -0.39 is 0 Å². The number of benzene rings is 1. The van der Waals surface area contributed by atoms with Crippen LogP contribution < -0.4 is 14.8 Å². The third kappa shape index (κ3) is 4.26. The maximum atomic E-state index is 12.8. The van der Waals surface area contributed by atoms with Crippen molar-refractivity contribution in [1.82, 2.24) is 10.2 Å². The van der Waals surface area contributed by atoms with Crippen LogP contribution in [0, 0.1) is 5.92 Å². The van der Waals surface area contributed by atoms with E-state index in [1.165, 1.54) is 6.42 Å². The Labute approximate surface area is 160 Å². The van der Waals surface area contributed by atoms with Gasteiger partial charge in [0.05, 0.1) is 25.6 Å². The molecule has 0 bridgehead atoms. The van der Waals surface area contributed by atoms with Crippen molar-refractivity contribution in [3.63, 3.8) is 0 Å². The molecule has 6 nitrogen and oxygen atoms in total. The summed E-state index contributed by atoms with van der Waals surface area (Å²) in [5, 5.41) is 10.8. The third-order valence-electron chi connectivity index (χ3n) is 5.22. The minimum atomic E-state index is 0.0985. The molecule has 1 fully saturated rings. The average Bonchev–Trinajstić information content (AvgIpc) is 3.10. The van der Waals surface area contributed by atoms with Gasteiger partial charge in [-0.1, -0.05) is 32.6 Å². The molecule has 1 heterocycles. The fraction of sp³-hybridized carbons (Fsp3) is 0.524. The molecule has 0 atom stereocenters. The Morgan fingerprint density at radius 2 is 1.93 bits per heavy atom. The number of carbonyl (C=O) groups is 1. The smallest absolute Gasteiger partial charge is 0.227 e. The molecule has 1 aliphatic rings. The summed E-state index contributed by atoms with van der Waals surface area (Å²) >= 11 is 0. The number of nitrogens with one attached hydrogen (secondary N) is 2. The van der Waals surface area contributed by atoms with Crippen LogP contribution in [0.2, 0.25) is 0 Å². The number of aromatic amines is 1. The molecule has 0 spiro atoms. The van der Waals surface area contributed by atoms with Gasteiger partial charge in [-0.25, -0.2) is 0 Å². The second-order valence-corrected chi connectivity index (χ2v) is 7.07. The van der Waals surface area contributed by atoms with Gasteiger partial charge in [0.25, 0.3) is 0 Å². The Hall–Kier alpha value is -2.50. The van der Waals surface area contributed by atoms with Crippen LogP contribution in [-0.2, 0) is 11.2 Å². The van der Waals surface area contributed by atoms with E-state index in [-0.39, 0.29) is 11.8 Å². The molecule has 0 saturated heterocycles. The van der Waals surface area contributed by atoms with Crippen molar-refractivity contribution in [1.29, 1.82) is 0 Å². The number of aromatic nitrogens is 2. The molecule has 0 radical (unpaired) electrons. The van der Waals surface area contributed by atoms with Gasteiger partial charge < -0.3 is 14.8 Å². The summed E-state index contributed by atoms with van der Waals surface area (Å²) in [6.45, 7) is 2.11. The number of H-pyrrole nitrogens is 1. The molecule has 1 aromatic heterocycles. The monoisotopic (exact) mass is 371 g/mol. The normalized spacial score (nSPS) is 14.8. The predicted octanol–water partition coefficient (Wildman–Crippen LogP) is 4.57.